The number of aliphatic hydroxyl groups is 1. The van der Waals surface area contributed by atoms with Gasteiger partial charge < -0.3 is 14.9 Å². The van der Waals surface area contributed by atoms with Crippen LogP contribution in [-0.2, 0) is 0 Å². The normalized spacial score (nSPS) is 26.2. The van der Waals surface area contributed by atoms with E-state index >= 15 is 0 Å². The molecule has 0 aromatic carbocycles. The van der Waals surface area contributed by atoms with Gasteiger partial charge in [-0.3, -0.25) is 0 Å². The number of thioether (sulfide) groups is 1. The summed E-state index contributed by atoms with van der Waals surface area (Å²) in [5.41, 5.74) is 0. The third kappa shape index (κ3) is 4.29. The van der Waals surface area contributed by atoms with Crippen LogP contribution in [0.4, 0.5) is 11.6 Å². The Morgan fingerprint density at radius 1 is 1.09 bits per heavy atom. The molecule has 2 aliphatic rings. The average molecular weight is 337 g/mol. The molecule has 1 N–H and O–H groups in total. The zero-order valence-electron chi connectivity index (χ0n) is 14.0. The molecule has 3 rings (SSSR count). The van der Waals surface area contributed by atoms with Crippen LogP contribution in [0.2, 0.25) is 0 Å². The molecule has 2 saturated heterocycles. The Morgan fingerprint density at radius 3 is 2.57 bits per heavy atom. The quantitative estimate of drug-likeness (QED) is 0.911. The molecule has 2 atom stereocenters. The molecule has 0 spiro atoms. The highest BCUT2D eigenvalue weighted by molar-refractivity contribution is 7.99. The van der Waals surface area contributed by atoms with E-state index in [1.54, 1.807) is 6.33 Å². The van der Waals surface area contributed by atoms with Gasteiger partial charge >= 0.3 is 0 Å². The van der Waals surface area contributed by atoms with Gasteiger partial charge in [0.05, 0.1) is 0 Å². The van der Waals surface area contributed by atoms with Gasteiger partial charge in [-0.25, -0.2) is 9.97 Å². The van der Waals surface area contributed by atoms with Gasteiger partial charge in [0.25, 0.3) is 0 Å². The molecule has 0 bridgehead atoms. The fourth-order valence-corrected chi connectivity index (χ4v) is 4.34. The number of hydrogen-bond acceptors (Lipinski definition) is 6. The first-order valence-corrected chi connectivity index (χ1v) is 10.0. The lowest BCUT2D eigenvalue weighted by molar-refractivity contribution is 0.208. The van der Waals surface area contributed by atoms with Crippen molar-refractivity contribution in [2.45, 2.75) is 37.4 Å². The molecule has 2 fully saturated rings. The molecule has 3 heterocycles. The molecule has 23 heavy (non-hydrogen) atoms. The number of aliphatic hydroxyl groups excluding tert-OH is 1. The SMILES string of the molecule is CS[C@H]1CCCCN(c2cc(N3CCC[C@H](CO)C3)ncn2)C1. The lowest BCUT2D eigenvalue weighted by Gasteiger charge is -2.33. The Bertz CT molecular complexity index is 501. The maximum absolute atomic E-state index is 9.43. The molecule has 0 saturated carbocycles. The van der Waals surface area contributed by atoms with Crippen molar-refractivity contribution in [1.29, 1.82) is 0 Å². The topological polar surface area (TPSA) is 52.5 Å². The van der Waals surface area contributed by atoms with Crippen molar-refractivity contribution < 1.29 is 5.11 Å². The van der Waals surface area contributed by atoms with Gasteiger partial charge in [0.1, 0.15) is 18.0 Å². The number of aromatic nitrogens is 2. The van der Waals surface area contributed by atoms with E-state index in [9.17, 15) is 5.11 Å². The summed E-state index contributed by atoms with van der Waals surface area (Å²) in [5, 5.41) is 10.1. The third-order valence-electron chi connectivity index (χ3n) is 5.02. The Kier molecular flexibility index (Phi) is 6.00. The van der Waals surface area contributed by atoms with Crippen LogP contribution in [0.1, 0.15) is 32.1 Å². The molecule has 2 aliphatic heterocycles. The molecular weight excluding hydrogens is 308 g/mol. The predicted octanol–water partition coefficient (Wildman–Crippen LogP) is 2.41. The summed E-state index contributed by atoms with van der Waals surface area (Å²) in [7, 11) is 0. The lowest BCUT2D eigenvalue weighted by Crippen LogP contribution is -2.37. The van der Waals surface area contributed by atoms with Gasteiger partial charge in [0.15, 0.2) is 0 Å². The first kappa shape index (κ1) is 16.8. The number of hydrogen-bond donors (Lipinski definition) is 1. The zero-order valence-corrected chi connectivity index (χ0v) is 14.8. The minimum Gasteiger partial charge on any atom is -0.396 e. The second kappa shape index (κ2) is 8.20. The van der Waals surface area contributed by atoms with E-state index in [-0.39, 0.29) is 6.61 Å². The number of anilines is 2. The Labute approximate surface area is 143 Å². The van der Waals surface area contributed by atoms with Crippen LogP contribution >= 0.6 is 11.8 Å². The van der Waals surface area contributed by atoms with E-state index in [4.69, 9.17) is 0 Å². The van der Waals surface area contributed by atoms with Gasteiger partial charge in [0, 0.05) is 44.1 Å². The average Bonchev–Trinajstić information content (AvgIpc) is 2.87. The molecule has 0 unspecified atom stereocenters. The van der Waals surface area contributed by atoms with E-state index in [2.05, 4.69) is 32.1 Å². The van der Waals surface area contributed by atoms with Crippen molar-refractivity contribution in [2.24, 2.45) is 5.92 Å². The number of nitrogens with zero attached hydrogens (tertiary/aromatic N) is 4. The van der Waals surface area contributed by atoms with E-state index in [1.165, 1.54) is 19.3 Å². The van der Waals surface area contributed by atoms with Crippen LogP contribution in [-0.4, -0.2) is 59.4 Å². The molecule has 0 radical (unpaired) electrons. The second-order valence-electron chi connectivity index (χ2n) is 6.67. The standard InChI is InChI=1S/C17H28N4OS/c1-23-15-6-2-3-7-21(11-15)17-9-16(18-13-19-17)20-8-4-5-14(10-20)12-22/h9,13-15,22H,2-8,10-12H2,1H3/t14-,15-/m0/s1. The van der Waals surface area contributed by atoms with Gasteiger partial charge in [-0.15, -0.1) is 0 Å². The lowest BCUT2D eigenvalue weighted by atomic mass is 9.99. The molecule has 6 heteroatoms. The van der Waals surface area contributed by atoms with Crippen LogP contribution in [0.15, 0.2) is 12.4 Å². The monoisotopic (exact) mass is 336 g/mol. The van der Waals surface area contributed by atoms with E-state index < -0.39 is 0 Å². The molecule has 1 aromatic heterocycles. The zero-order chi connectivity index (χ0) is 16.1. The van der Waals surface area contributed by atoms with Crippen LogP contribution in [0.5, 0.6) is 0 Å². The van der Waals surface area contributed by atoms with Gasteiger partial charge in [0.2, 0.25) is 0 Å². The highest BCUT2D eigenvalue weighted by Crippen LogP contribution is 2.27. The Hall–Kier alpha value is -1.01. The minimum absolute atomic E-state index is 0.274. The highest BCUT2D eigenvalue weighted by atomic mass is 32.2. The summed E-state index contributed by atoms with van der Waals surface area (Å²) in [6.07, 6.45) is 10.0. The van der Waals surface area contributed by atoms with Crippen LogP contribution < -0.4 is 9.80 Å². The van der Waals surface area contributed by atoms with Crippen molar-refractivity contribution in [3.63, 3.8) is 0 Å². The smallest absolute Gasteiger partial charge is 0.134 e. The van der Waals surface area contributed by atoms with E-state index in [0.717, 1.165) is 50.7 Å². The summed E-state index contributed by atoms with van der Waals surface area (Å²) >= 11 is 1.97. The Morgan fingerprint density at radius 2 is 1.83 bits per heavy atom. The summed E-state index contributed by atoms with van der Waals surface area (Å²) in [6.45, 7) is 4.38. The third-order valence-corrected chi connectivity index (χ3v) is 6.08. The summed E-state index contributed by atoms with van der Waals surface area (Å²) in [6, 6.07) is 2.14. The molecule has 1 aromatic rings. The first-order chi connectivity index (χ1) is 11.3. The summed E-state index contributed by atoms with van der Waals surface area (Å²) < 4.78 is 0. The molecule has 0 amide bonds. The van der Waals surface area contributed by atoms with Crippen molar-refractivity contribution in [2.75, 3.05) is 48.8 Å². The second-order valence-corrected chi connectivity index (χ2v) is 7.81. The Balaban J connectivity index is 1.73. The molecule has 0 aliphatic carbocycles. The molecule has 128 valence electrons. The molecule has 5 nitrogen and oxygen atoms in total. The van der Waals surface area contributed by atoms with Gasteiger partial charge in [-0.05, 0) is 37.9 Å². The summed E-state index contributed by atoms with van der Waals surface area (Å²) in [5.74, 6) is 2.45. The number of rotatable bonds is 4. The summed E-state index contributed by atoms with van der Waals surface area (Å²) in [4.78, 5) is 13.8. The van der Waals surface area contributed by atoms with Crippen molar-refractivity contribution >= 4 is 23.4 Å². The maximum atomic E-state index is 9.43. The van der Waals surface area contributed by atoms with Gasteiger partial charge in [-0.1, -0.05) is 6.42 Å². The highest BCUT2D eigenvalue weighted by Gasteiger charge is 2.22. The minimum atomic E-state index is 0.274. The predicted molar refractivity (Wildman–Crippen MR) is 97.4 cm³/mol. The van der Waals surface area contributed by atoms with E-state index in [0.29, 0.717) is 11.2 Å². The fraction of sp³-hybridized carbons (Fsp3) is 0.765. The fourth-order valence-electron chi connectivity index (χ4n) is 3.61. The van der Waals surface area contributed by atoms with Gasteiger partial charge in [-0.2, -0.15) is 11.8 Å². The van der Waals surface area contributed by atoms with Crippen LogP contribution in [0.3, 0.4) is 0 Å². The van der Waals surface area contributed by atoms with Crippen molar-refractivity contribution in [3.8, 4) is 0 Å². The first-order valence-electron chi connectivity index (χ1n) is 8.75. The maximum Gasteiger partial charge on any atom is 0.134 e. The van der Waals surface area contributed by atoms with Crippen molar-refractivity contribution in [3.05, 3.63) is 12.4 Å². The molecular formula is C17H28N4OS. The van der Waals surface area contributed by atoms with Crippen LogP contribution in [0, 0.1) is 5.92 Å². The van der Waals surface area contributed by atoms with E-state index in [1.807, 2.05) is 11.8 Å². The van der Waals surface area contributed by atoms with Crippen molar-refractivity contribution in [1.82, 2.24) is 9.97 Å². The largest absolute Gasteiger partial charge is 0.396 e. The van der Waals surface area contributed by atoms with Crippen LogP contribution in [0.25, 0.3) is 0 Å². The number of piperidine rings is 1.